The van der Waals surface area contributed by atoms with Crippen molar-refractivity contribution >= 4 is 17.5 Å². The molecule has 0 bridgehead atoms. The van der Waals surface area contributed by atoms with Crippen LogP contribution >= 0.6 is 0 Å². The number of benzene rings is 1. The van der Waals surface area contributed by atoms with Crippen LogP contribution < -0.4 is 15.0 Å². The molecule has 0 fully saturated rings. The molecule has 0 atom stereocenters. The average Bonchev–Trinajstić information content (AvgIpc) is 2.48. The number of hydrogen-bond acceptors (Lipinski definition) is 5. The molecule has 0 unspecified atom stereocenters. The minimum absolute atomic E-state index is 0.195. The van der Waals surface area contributed by atoms with Crippen LogP contribution in [-0.4, -0.2) is 30.7 Å². The number of nitrogens with zero attached hydrogens (tertiary/aromatic N) is 3. The summed E-state index contributed by atoms with van der Waals surface area (Å²) in [5.74, 6) is 0.754. The molecule has 0 spiro atoms. The number of nitrogens with one attached hydrogen (secondary N) is 1. The highest BCUT2D eigenvalue weighted by molar-refractivity contribution is 5.67. The van der Waals surface area contributed by atoms with Crippen LogP contribution in [0.25, 0.3) is 0 Å². The maximum atomic E-state index is 13.9. The van der Waals surface area contributed by atoms with Crippen LogP contribution in [0.15, 0.2) is 30.5 Å². The van der Waals surface area contributed by atoms with Crippen LogP contribution in [0, 0.1) is 5.82 Å². The maximum absolute atomic E-state index is 13.9. The monoisotopic (exact) mass is 276 g/mol. The van der Waals surface area contributed by atoms with Gasteiger partial charge in [-0.25, -0.2) is 9.37 Å². The first-order valence-corrected chi connectivity index (χ1v) is 6.30. The van der Waals surface area contributed by atoms with Gasteiger partial charge in [-0.3, -0.25) is 0 Å². The number of halogens is 1. The first kappa shape index (κ1) is 14.0. The first-order valence-electron chi connectivity index (χ1n) is 6.30. The van der Waals surface area contributed by atoms with E-state index in [2.05, 4.69) is 15.3 Å². The SMILES string of the molecule is CCNc1ncc(F)c(N(C)c2ccccc2OC)n1. The Labute approximate surface area is 117 Å². The van der Waals surface area contributed by atoms with Gasteiger partial charge < -0.3 is 15.0 Å². The first-order chi connectivity index (χ1) is 9.67. The lowest BCUT2D eigenvalue weighted by Gasteiger charge is -2.21. The van der Waals surface area contributed by atoms with Crippen molar-refractivity contribution in [3.63, 3.8) is 0 Å². The van der Waals surface area contributed by atoms with Crippen LogP contribution in [-0.2, 0) is 0 Å². The van der Waals surface area contributed by atoms with E-state index in [1.54, 1.807) is 19.1 Å². The van der Waals surface area contributed by atoms with Crippen LogP contribution in [0.4, 0.5) is 21.8 Å². The molecule has 1 N–H and O–H groups in total. The van der Waals surface area contributed by atoms with Gasteiger partial charge in [0.2, 0.25) is 5.95 Å². The second-order valence-corrected chi connectivity index (χ2v) is 4.13. The average molecular weight is 276 g/mol. The molecule has 0 saturated carbocycles. The molecule has 0 radical (unpaired) electrons. The van der Waals surface area contributed by atoms with E-state index in [1.807, 2.05) is 31.2 Å². The molecular formula is C14H17FN4O. The van der Waals surface area contributed by atoms with Gasteiger partial charge in [-0.1, -0.05) is 12.1 Å². The molecule has 0 aliphatic carbocycles. The van der Waals surface area contributed by atoms with Crippen molar-refractivity contribution in [3.05, 3.63) is 36.3 Å². The Morgan fingerprint density at radius 1 is 1.35 bits per heavy atom. The molecule has 1 heterocycles. The Bertz CT molecular complexity index is 591. The van der Waals surface area contributed by atoms with Crippen molar-refractivity contribution in [1.29, 1.82) is 0 Å². The van der Waals surface area contributed by atoms with E-state index >= 15 is 0 Å². The Kier molecular flexibility index (Phi) is 4.34. The summed E-state index contributed by atoms with van der Waals surface area (Å²) in [6, 6.07) is 7.37. The molecule has 2 rings (SSSR count). The van der Waals surface area contributed by atoms with E-state index in [-0.39, 0.29) is 5.82 Å². The van der Waals surface area contributed by atoms with Gasteiger partial charge in [0.25, 0.3) is 0 Å². The zero-order chi connectivity index (χ0) is 14.5. The van der Waals surface area contributed by atoms with E-state index in [0.717, 1.165) is 11.9 Å². The summed E-state index contributed by atoms with van der Waals surface area (Å²) in [6.45, 7) is 2.60. The molecule has 2 aromatic rings. The highest BCUT2D eigenvalue weighted by Gasteiger charge is 2.16. The molecule has 106 valence electrons. The van der Waals surface area contributed by atoms with Crippen molar-refractivity contribution in [3.8, 4) is 5.75 Å². The summed E-state index contributed by atoms with van der Waals surface area (Å²) < 4.78 is 19.2. The lowest BCUT2D eigenvalue weighted by molar-refractivity contribution is 0.415. The number of para-hydroxylation sites is 2. The predicted molar refractivity (Wildman–Crippen MR) is 77.2 cm³/mol. The van der Waals surface area contributed by atoms with Gasteiger partial charge in [0.1, 0.15) is 5.75 Å². The minimum atomic E-state index is -0.486. The highest BCUT2D eigenvalue weighted by Crippen LogP contribution is 2.32. The van der Waals surface area contributed by atoms with Crippen molar-refractivity contribution in [2.24, 2.45) is 0 Å². The van der Waals surface area contributed by atoms with Gasteiger partial charge in [0.15, 0.2) is 11.6 Å². The number of ether oxygens (including phenoxy) is 1. The van der Waals surface area contributed by atoms with Gasteiger partial charge in [-0.05, 0) is 19.1 Å². The molecule has 0 aliphatic rings. The smallest absolute Gasteiger partial charge is 0.224 e. The Balaban J connectivity index is 2.41. The fraction of sp³-hybridized carbons (Fsp3) is 0.286. The fourth-order valence-electron chi connectivity index (χ4n) is 1.86. The number of hydrogen-bond donors (Lipinski definition) is 1. The molecule has 20 heavy (non-hydrogen) atoms. The largest absolute Gasteiger partial charge is 0.495 e. The van der Waals surface area contributed by atoms with E-state index in [9.17, 15) is 4.39 Å². The Hall–Kier alpha value is -2.37. The summed E-state index contributed by atoms with van der Waals surface area (Å²) in [5, 5.41) is 2.96. The van der Waals surface area contributed by atoms with Crippen LogP contribution in [0.1, 0.15) is 6.92 Å². The number of anilines is 3. The molecule has 6 heteroatoms. The molecule has 0 amide bonds. The third-order valence-electron chi connectivity index (χ3n) is 2.82. The van der Waals surface area contributed by atoms with Crippen molar-refractivity contribution < 1.29 is 9.13 Å². The highest BCUT2D eigenvalue weighted by atomic mass is 19.1. The van der Waals surface area contributed by atoms with E-state index in [1.165, 1.54) is 0 Å². The third kappa shape index (κ3) is 2.79. The summed E-state index contributed by atoms with van der Waals surface area (Å²) in [6.07, 6.45) is 1.16. The summed E-state index contributed by atoms with van der Waals surface area (Å²) in [7, 11) is 3.31. The van der Waals surface area contributed by atoms with E-state index in [4.69, 9.17) is 4.74 Å². The molecule has 1 aromatic carbocycles. The molecule has 0 saturated heterocycles. The van der Waals surface area contributed by atoms with E-state index in [0.29, 0.717) is 18.2 Å². The number of rotatable bonds is 5. The number of methoxy groups -OCH3 is 1. The molecule has 0 aliphatic heterocycles. The predicted octanol–water partition coefficient (Wildman–Crippen LogP) is 2.82. The molecule has 1 aromatic heterocycles. The van der Waals surface area contributed by atoms with Gasteiger partial charge in [-0.15, -0.1) is 0 Å². The van der Waals surface area contributed by atoms with Crippen molar-refractivity contribution in [2.75, 3.05) is 30.9 Å². The summed E-state index contributed by atoms with van der Waals surface area (Å²) in [5.41, 5.74) is 0.732. The van der Waals surface area contributed by atoms with Crippen LogP contribution in [0.5, 0.6) is 5.75 Å². The zero-order valence-corrected chi connectivity index (χ0v) is 11.7. The lowest BCUT2D eigenvalue weighted by atomic mass is 10.2. The second-order valence-electron chi connectivity index (χ2n) is 4.13. The van der Waals surface area contributed by atoms with Crippen LogP contribution in [0.2, 0.25) is 0 Å². The standard InChI is InChI=1S/C14H17FN4O/c1-4-16-14-17-9-10(15)13(18-14)19(2)11-7-5-6-8-12(11)20-3/h5-9H,4H2,1-3H3,(H,16,17,18). The van der Waals surface area contributed by atoms with Crippen molar-refractivity contribution in [2.45, 2.75) is 6.92 Å². The van der Waals surface area contributed by atoms with Crippen molar-refractivity contribution in [1.82, 2.24) is 9.97 Å². The lowest BCUT2D eigenvalue weighted by Crippen LogP contribution is -2.16. The van der Waals surface area contributed by atoms with E-state index < -0.39 is 5.82 Å². The molecular weight excluding hydrogens is 259 g/mol. The number of aromatic nitrogens is 2. The zero-order valence-electron chi connectivity index (χ0n) is 11.7. The summed E-state index contributed by atoms with van der Waals surface area (Å²) in [4.78, 5) is 9.71. The topological polar surface area (TPSA) is 50.3 Å². The summed E-state index contributed by atoms with van der Waals surface area (Å²) >= 11 is 0. The third-order valence-corrected chi connectivity index (χ3v) is 2.82. The normalized spacial score (nSPS) is 10.2. The van der Waals surface area contributed by atoms with Crippen LogP contribution in [0.3, 0.4) is 0 Å². The van der Waals surface area contributed by atoms with Gasteiger partial charge >= 0.3 is 0 Å². The Morgan fingerprint density at radius 3 is 2.80 bits per heavy atom. The fourth-order valence-corrected chi connectivity index (χ4v) is 1.86. The minimum Gasteiger partial charge on any atom is -0.495 e. The second kappa shape index (κ2) is 6.18. The van der Waals surface area contributed by atoms with Gasteiger partial charge in [0.05, 0.1) is 19.0 Å². The van der Waals surface area contributed by atoms with Gasteiger partial charge in [-0.2, -0.15) is 4.98 Å². The maximum Gasteiger partial charge on any atom is 0.224 e. The molecule has 5 nitrogen and oxygen atoms in total. The Morgan fingerprint density at radius 2 is 2.10 bits per heavy atom. The quantitative estimate of drug-likeness (QED) is 0.910. The van der Waals surface area contributed by atoms with Gasteiger partial charge in [0, 0.05) is 13.6 Å².